The van der Waals surface area contributed by atoms with E-state index in [1.807, 2.05) is 4.90 Å². The number of carbonyl (C=O) groups is 1. The van der Waals surface area contributed by atoms with E-state index < -0.39 is 41.2 Å². The van der Waals surface area contributed by atoms with Gasteiger partial charge < -0.3 is 19.5 Å². The standard InChI is InChI=1S/C20H25F3N2O4/c1-20(2,3)25(19(26)27)17-8-12(24-4-6-28-7-5-24)11-29-18(17)13-9-15(22)16(23)10-14(13)21/h9-11,17-18H,4-8H2,1-3H3,(H,26,27)/t17-,18-/m0/s1. The van der Waals surface area contributed by atoms with Crippen LogP contribution in [0.5, 0.6) is 0 Å². The van der Waals surface area contributed by atoms with Crippen molar-refractivity contribution in [3.63, 3.8) is 0 Å². The largest absolute Gasteiger partial charge is 0.489 e. The van der Waals surface area contributed by atoms with Gasteiger partial charge in [-0.3, -0.25) is 4.90 Å². The first kappa shape index (κ1) is 21.3. The summed E-state index contributed by atoms with van der Waals surface area (Å²) in [5, 5.41) is 9.88. The maximum absolute atomic E-state index is 14.5. The van der Waals surface area contributed by atoms with Gasteiger partial charge in [0.2, 0.25) is 0 Å². The SMILES string of the molecule is CC(C)(C)N(C(=O)O)[C@H]1CC(N2CCOCC2)=CO[C@H]1c1cc(F)c(F)cc1F. The molecule has 1 aromatic carbocycles. The molecule has 0 radical (unpaired) electrons. The molecular weight excluding hydrogens is 389 g/mol. The highest BCUT2D eigenvalue weighted by Crippen LogP contribution is 2.39. The Kier molecular flexibility index (Phi) is 5.97. The molecule has 1 N–H and O–H groups in total. The molecule has 0 bridgehead atoms. The van der Waals surface area contributed by atoms with E-state index in [9.17, 15) is 23.1 Å². The maximum Gasteiger partial charge on any atom is 0.408 e. The Morgan fingerprint density at radius 1 is 1.14 bits per heavy atom. The number of hydrogen-bond donors (Lipinski definition) is 1. The zero-order chi connectivity index (χ0) is 21.3. The van der Waals surface area contributed by atoms with E-state index in [1.165, 1.54) is 11.2 Å². The lowest BCUT2D eigenvalue weighted by Gasteiger charge is -2.46. The summed E-state index contributed by atoms with van der Waals surface area (Å²) in [5.74, 6) is -3.51. The van der Waals surface area contributed by atoms with Gasteiger partial charge in [0.15, 0.2) is 11.6 Å². The minimum absolute atomic E-state index is 0.221. The highest BCUT2D eigenvalue weighted by atomic mass is 19.2. The summed E-state index contributed by atoms with van der Waals surface area (Å²) in [5.41, 5.74) is -0.296. The lowest BCUT2D eigenvalue weighted by molar-refractivity contribution is -0.0250. The lowest BCUT2D eigenvalue weighted by Crippen LogP contribution is -2.55. The predicted molar refractivity (Wildman–Crippen MR) is 98.6 cm³/mol. The Morgan fingerprint density at radius 2 is 1.76 bits per heavy atom. The van der Waals surface area contributed by atoms with Gasteiger partial charge in [-0.25, -0.2) is 18.0 Å². The third-order valence-corrected chi connectivity index (χ3v) is 5.14. The van der Waals surface area contributed by atoms with Gasteiger partial charge in [-0.2, -0.15) is 0 Å². The van der Waals surface area contributed by atoms with Crippen molar-refractivity contribution in [3.05, 3.63) is 47.1 Å². The molecule has 0 aliphatic carbocycles. The number of rotatable bonds is 3. The van der Waals surface area contributed by atoms with E-state index in [2.05, 4.69) is 0 Å². The molecule has 1 amide bonds. The first-order valence-corrected chi connectivity index (χ1v) is 9.43. The van der Waals surface area contributed by atoms with E-state index in [-0.39, 0.29) is 12.0 Å². The molecule has 2 atom stereocenters. The van der Waals surface area contributed by atoms with Crippen LogP contribution in [0.3, 0.4) is 0 Å². The summed E-state index contributed by atoms with van der Waals surface area (Å²) in [6, 6.07) is 0.349. The van der Waals surface area contributed by atoms with E-state index in [4.69, 9.17) is 9.47 Å². The Balaban J connectivity index is 2.03. The first-order valence-electron chi connectivity index (χ1n) is 9.43. The monoisotopic (exact) mass is 414 g/mol. The van der Waals surface area contributed by atoms with Crippen LogP contribution in [-0.2, 0) is 9.47 Å². The van der Waals surface area contributed by atoms with Crippen LogP contribution in [0, 0.1) is 17.5 Å². The smallest absolute Gasteiger partial charge is 0.408 e. The zero-order valence-electron chi connectivity index (χ0n) is 16.6. The van der Waals surface area contributed by atoms with Crippen molar-refractivity contribution < 1.29 is 32.5 Å². The topological polar surface area (TPSA) is 62.2 Å². The molecule has 3 rings (SSSR count). The normalized spacial score (nSPS) is 22.7. The van der Waals surface area contributed by atoms with Crippen molar-refractivity contribution in [2.24, 2.45) is 0 Å². The summed E-state index contributed by atoms with van der Waals surface area (Å²) in [6.45, 7) is 7.45. The molecule has 2 aliphatic rings. The molecule has 1 saturated heterocycles. The number of ether oxygens (including phenoxy) is 2. The van der Waals surface area contributed by atoms with E-state index in [1.54, 1.807) is 20.8 Å². The second-order valence-corrected chi connectivity index (χ2v) is 8.15. The molecule has 2 heterocycles. The van der Waals surface area contributed by atoms with Crippen molar-refractivity contribution in [2.75, 3.05) is 26.3 Å². The summed E-state index contributed by atoms with van der Waals surface area (Å²) in [4.78, 5) is 15.3. The number of amides is 1. The predicted octanol–water partition coefficient (Wildman–Crippen LogP) is 3.89. The minimum atomic E-state index is -1.31. The fraction of sp³-hybridized carbons (Fsp3) is 0.550. The highest BCUT2D eigenvalue weighted by molar-refractivity contribution is 5.67. The van der Waals surface area contributed by atoms with Crippen molar-refractivity contribution in [1.29, 1.82) is 0 Å². The van der Waals surface area contributed by atoms with E-state index in [0.29, 0.717) is 32.4 Å². The van der Waals surface area contributed by atoms with E-state index >= 15 is 0 Å². The van der Waals surface area contributed by atoms with Crippen LogP contribution >= 0.6 is 0 Å². The van der Waals surface area contributed by atoms with Crippen LogP contribution in [0.25, 0.3) is 0 Å². The fourth-order valence-electron chi connectivity index (χ4n) is 3.86. The number of carboxylic acid groups (broad SMARTS) is 1. The Labute approximate surface area is 167 Å². The Bertz CT molecular complexity index is 804. The molecule has 0 saturated carbocycles. The molecule has 29 heavy (non-hydrogen) atoms. The van der Waals surface area contributed by atoms with Gasteiger partial charge in [-0.1, -0.05) is 0 Å². The van der Waals surface area contributed by atoms with Crippen molar-refractivity contribution in [2.45, 2.75) is 44.9 Å². The van der Waals surface area contributed by atoms with Crippen LogP contribution < -0.4 is 0 Å². The number of nitrogens with zero attached hydrogens (tertiary/aromatic N) is 2. The number of benzene rings is 1. The molecule has 1 aromatic rings. The fourth-order valence-corrected chi connectivity index (χ4v) is 3.86. The number of morpholine rings is 1. The van der Waals surface area contributed by atoms with Crippen LogP contribution in [0.15, 0.2) is 24.1 Å². The van der Waals surface area contributed by atoms with Crippen LogP contribution in [-0.4, -0.2) is 58.9 Å². The second-order valence-electron chi connectivity index (χ2n) is 8.15. The van der Waals surface area contributed by atoms with E-state index in [0.717, 1.165) is 11.8 Å². The number of halogens is 3. The van der Waals surface area contributed by atoms with Crippen LogP contribution in [0.1, 0.15) is 38.9 Å². The van der Waals surface area contributed by atoms with Gasteiger partial charge in [0.1, 0.15) is 18.2 Å². The second kappa shape index (κ2) is 8.14. The minimum Gasteiger partial charge on any atom is -0.489 e. The van der Waals surface area contributed by atoms with Gasteiger partial charge in [0, 0.05) is 36.7 Å². The molecule has 1 fully saturated rings. The summed E-state index contributed by atoms with van der Waals surface area (Å²) < 4.78 is 52.9. The number of hydrogen-bond acceptors (Lipinski definition) is 4. The maximum atomic E-state index is 14.5. The first-order chi connectivity index (χ1) is 13.6. The molecule has 0 unspecified atom stereocenters. The van der Waals surface area contributed by atoms with Crippen molar-refractivity contribution in [1.82, 2.24) is 9.80 Å². The van der Waals surface area contributed by atoms with Crippen molar-refractivity contribution >= 4 is 6.09 Å². The summed E-state index contributed by atoms with van der Waals surface area (Å²) in [7, 11) is 0. The molecular formula is C20H25F3N2O4. The molecule has 0 aromatic heterocycles. The molecule has 160 valence electrons. The average Bonchev–Trinajstić information content (AvgIpc) is 2.64. The highest BCUT2D eigenvalue weighted by Gasteiger charge is 2.43. The van der Waals surface area contributed by atoms with Gasteiger partial charge in [-0.15, -0.1) is 0 Å². The molecule has 9 heteroatoms. The van der Waals surface area contributed by atoms with Gasteiger partial charge in [-0.05, 0) is 26.8 Å². The summed E-state index contributed by atoms with van der Waals surface area (Å²) in [6.07, 6.45) is -0.629. The van der Waals surface area contributed by atoms with Crippen LogP contribution in [0.4, 0.5) is 18.0 Å². The van der Waals surface area contributed by atoms with Gasteiger partial charge in [0.05, 0.1) is 25.0 Å². The average molecular weight is 414 g/mol. The van der Waals surface area contributed by atoms with Gasteiger partial charge >= 0.3 is 6.09 Å². The lowest BCUT2D eigenvalue weighted by atomic mass is 9.91. The van der Waals surface area contributed by atoms with Gasteiger partial charge in [0.25, 0.3) is 0 Å². The third kappa shape index (κ3) is 4.44. The Hall–Kier alpha value is -2.42. The zero-order valence-corrected chi connectivity index (χ0v) is 16.6. The summed E-state index contributed by atoms with van der Waals surface area (Å²) >= 11 is 0. The van der Waals surface area contributed by atoms with Crippen molar-refractivity contribution in [3.8, 4) is 0 Å². The molecule has 2 aliphatic heterocycles. The molecule has 0 spiro atoms. The quantitative estimate of drug-likeness (QED) is 0.761. The third-order valence-electron chi connectivity index (χ3n) is 5.14. The Morgan fingerprint density at radius 3 is 2.34 bits per heavy atom. The van der Waals surface area contributed by atoms with Crippen LogP contribution in [0.2, 0.25) is 0 Å². The molecule has 6 nitrogen and oxygen atoms in total.